The van der Waals surface area contributed by atoms with E-state index in [-0.39, 0.29) is 5.69 Å². The zero-order valence-electron chi connectivity index (χ0n) is 7.44. The second-order valence-electron chi connectivity index (χ2n) is 3.08. The molecule has 0 bridgehead atoms. The molecule has 0 fully saturated rings. The molecule has 74 valence electrons. The van der Waals surface area contributed by atoms with Gasteiger partial charge in [-0.3, -0.25) is 0 Å². The van der Waals surface area contributed by atoms with Crippen molar-refractivity contribution >= 4 is 39.1 Å². The third kappa shape index (κ3) is 1.17. The van der Waals surface area contributed by atoms with Crippen LogP contribution in [0.2, 0.25) is 0 Å². The Kier molecular flexibility index (Phi) is 1.78. The van der Waals surface area contributed by atoms with Crippen LogP contribution in [-0.4, -0.2) is 19.6 Å². The quantitative estimate of drug-likeness (QED) is 0.634. The van der Waals surface area contributed by atoms with Gasteiger partial charge in [-0.2, -0.15) is 14.6 Å². The Morgan fingerprint density at radius 3 is 3.13 bits per heavy atom. The molecule has 0 unspecified atom stereocenters. The van der Waals surface area contributed by atoms with Crippen LogP contribution in [0.5, 0.6) is 0 Å². The molecule has 0 saturated carbocycles. The third-order valence-electron chi connectivity index (χ3n) is 2.22. The minimum Gasteiger partial charge on any atom is -0.329 e. The first-order chi connectivity index (χ1) is 7.27. The fraction of sp³-hybridized carbons (Fsp3) is 0. The molecule has 0 radical (unpaired) electrons. The van der Waals surface area contributed by atoms with Crippen LogP contribution in [0.4, 0.5) is 0 Å². The molecule has 15 heavy (non-hydrogen) atoms. The van der Waals surface area contributed by atoms with Gasteiger partial charge in [0, 0.05) is 8.96 Å². The van der Waals surface area contributed by atoms with E-state index in [0.717, 1.165) is 8.96 Å². The maximum absolute atomic E-state index is 11.6. The van der Waals surface area contributed by atoms with E-state index in [9.17, 15) is 4.79 Å². The number of hydrogen-bond acceptors (Lipinski definition) is 3. The number of nitrogens with one attached hydrogen (secondary N) is 1. The van der Waals surface area contributed by atoms with Crippen molar-refractivity contribution in [1.29, 1.82) is 0 Å². The van der Waals surface area contributed by atoms with Gasteiger partial charge in [0.15, 0.2) is 0 Å². The van der Waals surface area contributed by atoms with Gasteiger partial charge in [0.2, 0.25) is 0 Å². The largest absolute Gasteiger partial charge is 0.370 e. The average molecular weight is 312 g/mol. The lowest BCUT2D eigenvalue weighted by Gasteiger charge is -1.99. The molecule has 2 aromatic heterocycles. The standard InChI is InChI=1S/C9H5IN4O/c10-6-3-1-2-5-7(6)13-9(15)14-8(5)11-4-12-14/h1-4H,(H,11,12). The molecular weight excluding hydrogens is 307 g/mol. The summed E-state index contributed by atoms with van der Waals surface area (Å²) in [4.78, 5) is 18.5. The second-order valence-corrected chi connectivity index (χ2v) is 4.24. The minimum atomic E-state index is -0.358. The first-order valence-electron chi connectivity index (χ1n) is 4.28. The summed E-state index contributed by atoms with van der Waals surface area (Å²) in [6.07, 6.45) is 1.48. The highest BCUT2D eigenvalue weighted by molar-refractivity contribution is 14.1. The van der Waals surface area contributed by atoms with E-state index in [1.165, 1.54) is 10.8 Å². The predicted molar refractivity (Wildman–Crippen MR) is 63.8 cm³/mol. The number of H-pyrrole nitrogens is 1. The Bertz CT molecular complexity index is 715. The Balaban J connectivity index is 2.72. The van der Waals surface area contributed by atoms with Gasteiger partial charge in [0.25, 0.3) is 0 Å². The lowest BCUT2D eigenvalue weighted by molar-refractivity contribution is 0.881. The van der Waals surface area contributed by atoms with Gasteiger partial charge in [-0.25, -0.2) is 4.79 Å². The van der Waals surface area contributed by atoms with Gasteiger partial charge >= 0.3 is 5.69 Å². The number of nitrogens with zero attached hydrogens (tertiary/aromatic N) is 3. The van der Waals surface area contributed by atoms with Crippen LogP contribution < -0.4 is 5.69 Å². The van der Waals surface area contributed by atoms with E-state index in [1.54, 1.807) is 0 Å². The molecular formula is C9H5IN4O. The molecule has 2 heterocycles. The molecule has 5 nitrogen and oxygen atoms in total. The molecule has 3 aromatic rings. The van der Waals surface area contributed by atoms with Crippen molar-refractivity contribution in [2.75, 3.05) is 0 Å². The average Bonchev–Trinajstić information content (AvgIpc) is 2.69. The number of fused-ring (bicyclic) bond motifs is 3. The molecule has 0 aliphatic heterocycles. The number of rotatable bonds is 0. The number of aromatic amines is 1. The summed E-state index contributed by atoms with van der Waals surface area (Å²) >= 11 is 2.16. The fourth-order valence-electron chi connectivity index (χ4n) is 1.57. The Hall–Kier alpha value is -1.44. The maximum Gasteiger partial charge on any atom is 0.370 e. The molecule has 0 amide bonds. The highest BCUT2D eigenvalue weighted by Crippen LogP contribution is 2.19. The van der Waals surface area contributed by atoms with Crippen LogP contribution in [-0.2, 0) is 0 Å². The van der Waals surface area contributed by atoms with E-state index < -0.39 is 0 Å². The van der Waals surface area contributed by atoms with Crippen molar-refractivity contribution in [2.24, 2.45) is 0 Å². The molecule has 1 N–H and O–H groups in total. The van der Waals surface area contributed by atoms with Crippen molar-refractivity contribution in [3.63, 3.8) is 0 Å². The number of aromatic nitrogens is 4. The number of para-hydroxylation sites is 1. The van der Waals surface area contributed by atoms with E-state index in [2.05, 4.69) is 37.7 Å². The van der Waals surface area contributed by atoms with Crippen LogP contribution in [0.15, 0.2) is 29.3 Å². The maximum atomic E-state index is 11.6. The summed E-state index contributed by atoms with van der Waals surface area (Å²) in [7, 11) is 0. The first-order valence-corrected chi connectivity index (χ1v) is 5.36. The summed E-state index contributed by atoms with van der Waals surface area (Å²) in [5, 5.41) is 4.78. The van der Waals surface area contributed by atoms with Crippen molar-refractivity contribution in [1.82, 2.24) is 19.6 Å². The fourth-order valence-corrected chi connectivity index (χ4v) is 2.19. The van der Waals surface area contributed by atoms with Gasteiger partial charge in [0.1, 0.15) is 12.0 Å². The summed E-state index contributed by atoms with van der Waals surface area (Å²) in [6, 6.07) is 5.76. The SMILES string of the molecule is O=c1nc2c(I)cccc2c2[nH]cnn12. The van der Waals surface area contributed by atoms with Gasteiger partial charge in [-0.1, -0.05) is 6.07 Å². The summed E-state index contributed by atoms with van der Waals surface area (Å²) in [5.74, 6) is 0. The van der Waals surface area contributed by atoms with Gasteiger partial charge in [-0.15, -0.1) is 0 Å². The molecule has 0 aliphatic carbocycles. The lowest BCUT2D eigenvalue weighted by atomic mass is 10.2. The normalized spacial score (nSPS) is 11.3. The van der Waals surface area contributed by atoms with Gasteiger partial charge in [0.05, 0.1) is 5.52 Å². The minimum absolute atomic E-state index is 0.358. The van der Waals surface area contributed by atoms with Crippen molar-refractivity contribution in [3.8, 4) is 0 Å². The second kappa shape index (κ2) is 3.02. The summed E-state index contributed by atoms with van der Waals surface area (Å²) < 4.78 is 2.22. The van der Waals surface area contributed by atoms with Crippen LogP contribution in [0.1, 0.15) is 0 Å². The van der Waals surface area contributed by atoms with Crippen molar-refractivity contribution < 1.29 is 0 Å². The lowest BCUT2D eigenvalue weighted by Crippen LogP contribution is -2.17. The van der Waals surface area contributed by atoms with Crippen LogP contribution in [0.3, 0.4) is 0 Å². The first kappa shape index (κ1) is 8.84. The summed E-state index contributed by atoms with van der Waals surface area (Å²) in [5.41, 5.74) is 1.04. The highest BCUT2D eigenvalue weighted by Gasteiger charge is 2.08. The highest BCUT2D eigenvalue weighted by atomic mass is 127. The number of halogens is 1. The van der Waals surface area contributed by atoms with Crippen molar-refractivity contribution in [2.45, 2.75) is 0 Å². The predicted octanol–water partition coefficient (Wildman–Crippen LogP) is 1.18. The molecule has 0 atom stereocenters. The van der Waals surface area contributed by atoms with E-state index >= 15 is 0 Å². The smallest absolute Gasteiger partial charge is 0.329 e. The molecule has 0 saturated heterocycles. The number of hydrogen-bond donors (Lipinski definition) is 1. The molecule has 1 aromatic carbocycles. The zero-order chi connectivity index (χ0) is 10.4. The Labute approximate surface area is 97.3 Å². The van der Waals surface area contributed by atoms with Crippen LogP contribution in [0, 0.1) is 3.57 Å². The summed E-state index contributed by atoms with van der Waals surface area (Å²) in [6.45, 7) is 0. The zero-order valence-corrected chi connectivity index (χ0v) is 9.59. The molecule has 0 aliphatic rings. The molecule has 3 rings (SSSR count). The monoisotopic (exact) mass is 312 g/mol. The Morgan fingerprint density at radius 2 is 2.27 bits per heavy atom. The van der Waals surface area contributed by atoms with E-state index in [1.807, 2.05) is 18.2 Å². The number of benzene rings is 1. The van der Waals surface area contributed by atoms with Crippen LogP contribution in [0.25, 0.3) is 16.6 Å². The van der Waals surface area contributed by atoms with E-state index in [4.69, 9.17) is 0 Å². The van der Waals surface area contributed by atoms with E-state index in [0.29, 0.717) is 11.2 Å². The van der Waals surface area contributed by atoms with Crippen LogP contribution >= 0.6 is 22.6 Å². The van der Waals surface area contributed by atoms with Gasteiger partial charge in [-0.05, 0) is 34.7 Å². The molecule has 6 heteroatoms. The molecule has 0 spiro atoms. The van der Waals surface area contributed by atoms with Crippen molar-refractivity contribution in [3.05, 3.63) is 38.6 Å². The Morgan fingerprint density at radius 1 is 1.40 bits per heavy atom. The third-order valence-corrected chi connectivity index (χ3v) is 3.09. The topological polar surface area (TPSA) is 63.0 Å². The van der Waals surface area contributed by atoms with Gasteiger partial charge < -0.3 is 4.98 Å².